The van der Waals surface area contributed by atoms with E-state index in [1.807, 2.05) is 6.92 Å². The summed E-state index contributed by atoms with van der Waals surface area (Å²) in [6.45, 7) is 8.94. The van der Waals surface area contributed by atoms with Gasteiger partial charge >= 0.3 is 0 Å². The van der Waals surface area contributed by atoms with Gasteiger partial charge in [0.1, 0.15) is 0 Å². The molecule has 0 aromatic heterocycles. The van der Waals surface area contributed by atoms with Crippen molar-refractivity contribution in [1.82, 2.24) is 0 Å². The lowest BCUT2D eigenvalue weighted by molar-refractivity contribution is 1.54. The van der Waals surface area contributed by atoms with E-state index < -0.39 is 0 Å². The molecule has 9 heavy (non-hydrogen) atoms. The largest absolute Gasteiger partial charge is 0.262 e. The number of allylic oxidation sites excluding steroid dienone is 3. The van der Waals surface area contributed by atoms with Crippen molar-refractivity contribution in [3.8, 4) is 0 Å². The topological polar surface area (TPSA) is 12.4 Å². The second-order valence-corrected chi connectivity index (χ2v) is 1.55. The van der Waals surface area contributed by atoms with E-state index in [0.717, 1.165) is 5.71 Å². The highest BCUT2D eigenvalue weighted by Crippen LogP contribution is 1.80. The standard InChI is InChI=1S/C8H11N/c1-4-6-7-9-8(3)5-2/h4-7H,1-2H2,3H3/b7-6-,9-8?. The third-order valence-corrected chi connectivity index (χ3v) is 0.796. The first-order valence-corrected chi connectivity index (χ1v) is 2.75. The van der Waals surface area contributed by atoms with Crippen LogP contribution in [0, 0.1) is 0 Å². The minimum atomic E-state index is 0.910. The molecule has 0 bridgehead atoms. The highest BCUT2D eigenvalue weighted by Gasteiger charge is 1.72. The Morgan fingerprint density at radius 1 is 1.44 bits per heavy atom. The lowest BCUT2D eigenvalue weighted by Gasteiger charge is -1.81. The fourth-order valence-corrected chi connectivity index (χ4v) is 0.274. The molecule has 0 aromatic rings. The van der Waals surface area contributed by atoms with Gasteiger partial charge in [0.15, 0.2) is 0 Å². The Morgan fingerprint density at radius 2 is 2.11 bits per heavy atom. The molecule has 1 nitrogen and oxygen atoms in total. The Hall–Kier alpha value is -1.11. The molecule has 0 aliphatic heterocycles. The average molecular weight is 121 g/mol. The van der Waals surface area contributed by atoms with Gasteiger partial charge < -0.3 is 0 Å². The van der Waals surface area contributed by atoms with Crippen LogP contribution in [0.5, 0.6) is 0 Å². The molecule has 0 N–H and O–H groups in total. The summed E-state index contributed by atoms with van der Waals surface area (Å²) < 4.78 is 0. The predicted molar refractivity (Wildman–Crippen MR) is 42.6 cm³/mol. The summed E-state index contributed by atoms with van der Waals surface area (Å²) in [7, 11) is 0. The maximum atomic E-state index is 3.98. The Labute approximate surface area is 56.1 Å². The molecule has 0 rings (SSSR count). The van der Waals surface area contributed by atoms with E-state index in [-0.39, 0.29) is 0 Å². The molecule has 0 aromatic carbocycles. The normalized spacial score (nSPS) is 11.9. The van der Waals surface area contributed by atoms with Crippen molar-refractivity contribution >= 4 is 5.71 Å². The van der Waals surface area contributed by atoms with Crippen LogP contribution in [-0.4, -0.2) is 5.71 Å². The van der Waals surface area contributed by atoms with Crippen molar-refractivity contribution in [3.63, 3.8) is 0 Å². The van der Waals surface area contributed by atoms with E-state index in [4.69, 9.17) is 0 Å². The molecule has 0 aliphatic rings. The SMILES string of the molecule is C=C/C=C\N=C(C)C=C. The van der Waals surface area contributed by atoms with Gasteiger partial charge in [-0.15, -0.1) is 0 Å². The number of aliphatic imine (C=N–C) groups is 1. The number of hydrogen-bond donors (Lipinski definition) is 0. The fourth-order valence-electron chi connectivity index (χ4n) is 0.274. The van der Waals surface area contributed by atoms with Gasteiger partial charge in [-0.1, -0.05) is 19.2 Å². The zero-order valence-corrected chi connectivity index (χ0v) is 5.67. The van der Waals surface area contributed by atoms with Gasteiger partial charge in [0.05, 0.1) is 0 Å². The van der Waals surface area contributed by atoms with E-state index in [0.29, 0.717) is 0 Å². The Balaban J connectivity index is 3.81. The summed E-state index contributed by atoms with van der Waals surface area (Å²) >= 11 is 0. The molecule has 0 spiro atoms. The van der Waals surface area contributed by atoms with Gasteiger partial charge in [-0.3, -0.25) is 4.99 Å². The highest BCUT2D eigenvalue weighted by molar-refractivity contribution is 5.92. The van der Waals surface area contributed by atoms with Gasteiger partial charge in [-0.25, -0.2) is 0 Å². The monoisotopic (exact) mass is 121 g/mol. The third kappa shape index (κ3) is 4.75. The van der Waals surface area contributed by atoms with E-state index in [1.54, 1.807) is 24.4 Å². The maximum Gasteiger partial charge on any atom is 0.0366 e. The number of rotatable bonds is 3. The minimum Gasteiger partial charge on any atom is -0.262 e. The van der Waals surface area contributed by atoms with Gasteiger partial charge in [-0.2, -0.15) is 0 Å². The molecule has 1 heteroatoms. The Morgan fingerprint density at radius 3 is 2.56 bits per heavy atom. The average Bonchev–Trinajstić information content (AvgIpc) is 1.89. The van der Waals surface area contributed by atoms with Crippen molar-refractivity contribution in [2.24, 2.45) is 4.99 Å². The molecule has 0 unspecified atom stereocenters. The van der Waals surface area contributed by atoms with Crippen LogP contribution in [-0.2, 0) is 0 Å². The third-order valence-electron chi connectivity index (χ3n) is 0.796. The van der Waals surface area contributed by atoms with Gasteiger partial charge in [-0.05, 0) is 19.1 Å². The molecule has 48 valence electrons. The molecular weight excluding hydrogens is 110 g/mol. The highest BCUT2D eigenvalue weighted by atomic mass is 14.7. The van der Waals surface area contributed by atoms with Crippen molar-refractivity contribution in [1.29, 1.82) is 0 Å². The van der Waals surface area contributed by atoms with E-state index in [2.05, 4.69) is 18.2 Å². The zero-order valence-electron chi connectivity index (χ0n) is 5.67. The van der Waals surface area contributed by atoms with Crippen LogP contribution in [0.4, 0.5) is 0 Å². The van der Waals surface area contributed by atoms with Crippen molar-refractivity contribution in [2.75, 3.05) is 0 Å². The number of nitrogens with zero attached hydrogens (tertiary/aromatic N) is 1. The first kappa shape index (κ1) is 7.89. The van der Waals surface area contributed by atoms with Crippen LogP contribution in [0.1, 0.15) is 6.92 Å². The molecule has 0 aliphatic carbocycles. The van der Waals surface area contributed by atoms with Gasteiger partial charge in [0.2, 0.25) is 0 Å². The van der Waals surface area contributed by atoms with E-state index in [1.165, 1.54) is 0 Å². The molecule has 0 heterocycles. The number of hydrogen-bond acceptors (Lipinski definition) is 1. The van der Waals surface area contributed by atoms with Crippen LogP contribution < -0.4 is 0 Å². The minimum absolute atomic E-state index is 0.910. The van der Waals surface area contributed by atoms with E-state index in [9.17, 15) is 0 Å². The van der Waals surface area contributed by atoms with Crippen LogP contribution in [0.2, 0.25) is 0 Å². The summed E-state index contributed by atoms with van der Waals surface area (Å²) in [6.07, 6.45) is 6.84. The van der Waals surface area contributed by atoms with Crippen LogP contribution in [0.25, 0.3) is 0 Å². The van der Waals surface area contributed by atoms with E-state index >= 15 is 0 Å². The lowest BCUT2D eigenvalue weighted by atomic mass is 10.4. The summed E-state index contributed by atoms with van der Waals surface area (Å²) in [5.74, 6) is 0. The first-order valence-electron chi connectivity index (χ1n) is 2.75. The first-order chi connectivity index (χ1) is 4.31. The van der Waals surface area contributed by atoms with Crippen LogP contribution in [0.15, 0.2) is 42.6 Å². The molecule has 0 amide bonds. The fraction of sp³-hybridized carbons (Fsp3) is 0.125. The molecule has 0 fully saturated rings. The van der Waals surface area contributed by atoms with Crippen molar-refractivity contribution in [2.45, 2.75) is 6.92 Å². The van der Waals surface area contributed by atoms with Gasteiger partial charge in [0, 0.05) is 11.9 Å². The quantitative estimate of drug-likeness (QED) is 0.401. The molecule has 0 radical (unpaired) electrons. The van der Waals surface area contributed by atoms with Crippen molar-refractivity contribution in [3.05, 3.63) is 37.6 Å². The van der Waals surface area contributed by atoms with Crippen LogP contribution in [0.3, 0.4) is 0 Å². The summed E-state index contributed by atoms with van der Waals surface area (Å²) in [5, 5.41) is 0. The second kappa shape index (κ2) is 5.04. The Kier molecular flexibility index (Phi) is 4.41. The summed E-state index contributed by atoms with van der Waals surface area (Å²) in [5.41, 5.74) is 0.910. The zero-order chi connectivity index (χ0) is 7.11. The Bertz CT molecular complexity index is 152. The molecular formula is C8H11N. The summed E-state index contributed by atoms with van der Waals surface area (Å²) in [6, 6.07) is 0. The summed E-state index contributed by atoms with van der Waals surface area (Å²) in [4.78, 5) is 3.98. The molecule has 0 saturated carbocycles. The van der Waals surface area contributed by atoms with Crippen molar-refractivity contribution < 1.29 is 0 Å². The molecule has 0 saturated heterocycles. The lowest BCUT2D eigenvalue weighted by Crippen LogP contribution is -1.78. The van der Waals surface area contributed by atoms with Gasteiger partial charge in [0.25, 0.3) is 0 Å². The maximum absolute atomic E-state index is 3.98. The second-order valence-electron chi connectivity index (χ2n) is 1.55. The molecule has 0 atom stereocenters. The smallest absolute Gasteiger partial charge is 0.0366 e. The predicted octanol–water partition coefficient (Wildman–Crippen LogP) is 2.33. The van der Waals surface area contributed by atoms with Crippen LogP contribution >= 0.6 is 0 Å².